The summed E-state index contributed by atoms with van der Waals surface area (Å²) >= 11 is 0. The highest BCUT2D eigenvalue weighted by Gasteiger charge is 2.23. The highest BCUT2D eigenvalue weighted by molar-refractivity contribution is 6.13. The van der Waals surface area contributed by atoms with Crippen LogP contribution in [-0.4, -0.2) is 0 Å². The molecule has 0 unspecified atom stereocenters. The second-order valence-corrected chi connectivity index (χ2v) is 10.6. The Bertz CT molecular complexity index is 2180. The lowest BCUT2D eigenvalue weighted by Crippen LogP contribution is -1.98. The molecule has 0 amide bonds. The Morgan fingerprint density at radius 1 is 0.439 bits per heavy atom. The van der Waals surface area contributed by atoms with Crippen molar-refractivity contribution in [3.8, 4) is 11.1 Å². The molecule has 0 bridgehead atoms. The van der Waals surface area contributed by atoms with E-state index in [1.165, 1.54) is 60.1 Å². The topological polar surface area (TPSA) is 12.0 Å². The molecule has 0 spiro atoms. The van der Waals surface area contributed by atoms with Gasteiger partial charge in [-0.2, -0.15) is 0 Å². The zero-order chi connectivity index (χ0) is 27.2. The van der Waals surface area contributed by atoms with Crippen molar-refractivity contribution in [2.45, 2.75) is 0 Å². The molecule has 7 aromatic rings. The van der Waals surface area contributed by atoms with Crippen LogP contribution in [0.3, 0.4) is 0 Å². The van der Waals surface area contributed by atoms with E-state index in [0.717, 1.165) is 16.9 Å². The molecule has 0 heterocycles. The van der Waals surface area contributed by atoms with Crippen molar-refractivity contribution in [1.82, 2.24) is 0 Å². The molecule has 0 radical (unpaired) electrons. The highest BCUT2D eigenvalue weighted by atomic mass is 14.9. The van der Waals surface area contributed by atoms with Crippen molar-refractivity contribution < 1.29 is 0 Å². The zero-order valence-electron chi connectivity index (χ0n) is 22.4. The number of anilines is 2. The van der Waals surface area contributed by atoms with Gasteiger partial charge in [-0.1, -0.05) is 97.1 Å². The predicted octanol–water partition coefficient (Wildman–Crippen LogP) is 10.8. The summed E-state index contributed by atoms with van der Waals surface area (Å²) < 4.78 is 0. The first-order chi connectivity index (χ1) is 20.3. The number of allylic oxidation sites excluding steroid dienone is 2. The minimum atomic E-state index is 1.06. The van der Waals surface area contributed by atoms with Crippen LogP contribution in [-0.2, 0) is 0 Å². The third-order valence-corrected chi connectivity index (χ3v) is 8.10. The Hall–Kier alpha value is -5.49. The van der Waals surface area contributed by atoms with Gasteiger partial charge in [-0.25, -0.2) is 0 Å². The summed E-state index contributed by atoms with van der Waals surface area (Å²) in [4.78, 5) is 0. The Morgan fingerprint density at radius 3 is 2.07 bits per heavy atom. The first kappa shape index (κ1) is 23.4. The number of rotatable bonds is 4. The maximum Gasteiger partial charge on any atom is 0.111 e. The summed E-state index contributed by atoms with van der Waals surface area (Å²) in [7, 11) is 0. The summed E-state index contributed by atoms with van der Waals surface area (Å²) in [5.74, 6) is 0. The number of hydrogen-bond donors (Lipinski definition) is 1. The smallest absolute Gasteiger partial charge is 0.111 e. The van der Waals surface area contributed by atoms with Gasteiger partial charge in [-0.3, -0.25) is 0 Å². The first-order valence-electron chi connectivity index (χ1n) is 14.0. The van der Waals surface area contributed by atoms with Gasteiger partial charge in [-0.05, 0) is 74.5 Å². The fourth-order valence-electron chi connectivity index (χ4n) is 6.11. The fourth-order valence-corrected chi connectivity index (χ4v) is 6.11. The molecular formula is C40H26N+. The lowest BCUT2D eigenvalue weighted by atomic mass is 9.86. The van der Waals surface area contributed by atoms with Gasteiger partial charge in [0.05, 0.1) is 11.3 Å². The van der Waals surface area contributed by atoms with Crippen LogP contribution >= 0.6 is 0 Å². The molecule has 1 heteroatoms. The van der Waals surface area contributed by atoms with Crippen molar-refractivity contribution in [1.29, 1.82) is 0 Å². The summed E-state index contributed by atoms with van der Waals surface area (Å²) in [6.07, 6.45) is 7.63. The minimum absolute atomic E-state index is 1.06. The standard InChI is InChI=1S/C40H26N/c1-2-10-28-23-30(20-19-27(28)9-1)29-12-7-14-33(24-29)41-34-21-22-36-31(25-34)13-8-18-38(36)40-26-32-11-3-4-15-35(32)37-16-5-6-17-39(37)40/h1-7,9-26,41H/q+1. The first-order valence-corrected chi connectivity index (χ1v) is 14.0. The van der Waals surface area contributed by atoms with Crippen LogP contribution < -0.4 is 5.32 Å². The molecule has 1 nitrogen and oxygen atoms in total. The van der Waals surface area contributed by atoms with E-state index in [0.29, 0.717) is 0 Å². The quantitative estimate of drug-likeness (QED) is 0.180. The molecule has 0 fully saturated rings. The monoisotopic (exact) mass is 520 g/mol. The maximum atomic E-state index is 3.64. The predicted molar refractivity (Wildman–Crippen MR) is 175 cm³/mol. The normalized spacial score (nSPS) is 12.2. The van der Waals surface area contributed by atoms with Crippen molar-refractivity contribution in [3.05, 3.63) is 168 Å². The summed E-state index contributed by atoms with van der Waals surface area (Å²) in [6, 6.07) is 50.1. The second kappa shape index (κ2) is 9.61. The van der Waals surface area contributed by atoms with E-state index in [1.54, 1.807) is 0 Å². The van der Waals surface area contributed by atoms with E-state index in [1.807, 2.05) is 0 Å². The van der Waals surface area contributed by atoms with Gasteiger partial charge >= 0.3 is 0 Å². The van der Waals surface area contributed by atoms with E-state index in [2.05, 4.69) is 163 Å². The zero-order valence-corrected chi connectivity index (χ0v) is 22.4. The third-order valence-electron chi connectivity index (χ3n) is 8.10. The summed E-state index contributed by atoms with van der Waals surface area (Å²) in [6.45, 7) is 0. The van der Waals surface area contributed by atoms with Gasteiger partial charge in [0.15, 0.2) is 0 Å². The van der Waals surface area contributed by atoms with E-state index in [-0.39, 0.29) is 0 Å². The lowest BCUT2D eigenvalue weighted by Gasteiger charge is -2.14. The van der Waals surface area contributed by atoms with Gasteiger partial charge in [0.25, 0.3) is 0 Å². The maximum absolute atomic E-state index is 3.64. The van der Waals surface area contributed by atoms with Crippen LogP contribution in [0.25, 0.3) is 55.1 Å². The van der Waals surface area contributed by atoms with Crippen molar-refractivity contribution in [3.63, 3.8) is 0 Å². The lowest BCUT2D eigenvalue weighted by molar-refractivity contribution is 1.49. The van der Waals surface area contributed by atoms with E-state index in [9.17, 15) is 0 Å². The van der Waals surface area contributed by atoms with Crippen LogP contribution in [0.4, 0.5) is 11.4 Å². The average Bonchev–Trinajstić information content (AvgIpc) is 3.04. The summed E-state index contributed by atoms with van der Waals surface area (Å²) in [5, 5.41) is 11.2. The van der Waals surface area contributed by atoms with Gasteiger partial charge < -0.3 is 5.32 Å². The third kappa shape index (κ3) is 4.17. The van der Waals surface area contributed by atoms with Gasteiger partial charge in [0, 0.05) is 28.8 Å². The molecule has 1 aliphatic carbocycles. The van der Waals surface area contributed by atoms with Crippen LogP contribution in [0.5, 0.6) is 0 Å². The second-order valence-electron chi connectivity index (χ2n) is 10.6. The molecule has 1 aliphatic rings. The minimum Gasteiger partial charge on any atom is -0.355 e. The van der Waals surface area contributed by atoms with E-state index >= 15 is 0 Å². The fraction of sp³-hybridized carbons (Fsp3) is 0. The molecular weight excluding hydrogens is 494 g/mol. The molecule has 0 atom stereocenters. The molecule has 0 saturated carbocycles. The van der Waals surface area contributed by atoms with E-state index in [4.69, 9.17) is 0 Å². The van der Waals surface area contributed by atoms with Crippen LogP contribution in [0, 0.1) is 6.08 Å². The molecule has 41 heavy (non-hydrogen) atoms. The van der Waals surface area contributed by atoms with Gasteiger partial charge in [0.2, 0.25) is 0 Å². The number of nitrogens with one attached hydrogen (secondary N) is 1. The average molecular weight is 521 g/mol. The molecule has 190 valence electrons. The Kier molecular flexibility index (Phi) is 5.48. The Balaban J connectivity index is 1.14. The Morgan fingerprint density at radius 2 is 1.17 bits per heavy atom. The largest absolute Gasteiger partial charge is 0.355 e. The highest BCUT2D eigenvalue weighted by Crippen LogP contribution is 2.39. The molecule has 7 aromatic carbocycles. The van der Waals surface area contributed by atoms with Crippen LogP contribution in [0.2, 0.25) is 0 Å². The molecule has 0 aromatic heterocycles. The number of benzene rings is 7. The number of fused-ring (bicyclic) bond motifs is 5. The van der Waals surface area contributed by atoms with Crippen molar-refractivity contribution in [2.24, 2.45) is 0 Å². The van der Waals surface area contributed by atoms with Crippen molar-refractivity contribution >= 4 is 55.3 Å². The molecule has 0 aliphatic heterocycles. The van der Waals surface area contributed by atoms with Crippen LogP contribution in [0.1, 0.15) is 16.7 Å². The van der Waals surface area contributed by atoms with Gasteiger partial charge in [-0.15, -0.1) is 0 Å². The van der Waals surface area contributed by atoms with E-state index < -0.39 is 0 Å². The molecule has 1 N–H and O–H groups in total. The molecule has 8 rings (SSSR count). The summed E-state index contributed by atoms with van der Waals surface area (Å²) in [5.41, 5.74) is 9.36. The van der Waals surface area contributed by atoms with Crippen LogP contribution in [0.15, 0.2) is 146 Å². The Labute approximate surface area is 239 Å². The van der Waals surface area contributed by atoms with Gasteiger partial charge in [0.1, 0.15) is 23.3 Å². The van der Waals surface area contributed by atoms with Crippen molar-refractivity contribution in [2.75, 3.05) is 5.32 Å². The number of hydrogen-bond acceptors (Lipinski definition) is 1. The SMILES string of the molecule is [C+]1=Cc2cc(Nc3cccc(-c4ccc5ccccc5c4)c3)ccc2C(c2cc3ccccc3c3ccccc23)=C1. The molecule has 0 saturated heterocycles.